The van der Waals surface area contributed by atoms with Crippen molar-refractivity contribution in [1.82, 2.24) is 9.88 Å². The predicted octanol–water partition coefficient (Wildman–Crippen LogP) is 3.30. The first-order chi connectivity index (χ1) is 12.2. The topological polar surface area (TPSA) is 63.7 Å². The van der Waals surface area contributed by atoms with Gasteiger partial charge in [0.25, 0.3) is 0 Å². The molecule has 6 nitrogen and oxygen atoms in total. The molecule has 3 rings (SSSR count). The number of nitrogens with one attached hydrogen (secondary N) is 1. The third kappa shape index (κ3) is 5.19. The smallest absolute Gasteiger partial charge is 0.321 e. The number of hydrogen-bond acceptors (Lipinski definition) is 4. The Balaban J connectivity index is 1.51. The summed E-state index contributed by atoms with van der Waals surface area (Å²) in [4.78, 5) is 18.3. The van der Waals surface area contributed by atoms with Gasteiger partial charge in [0.2, 0.25) is 5.88 Å². The molecule has 0 saturated carbocycles. The summed E-state index contributed by atoms with van der Waals surface area (Å²) < 4.78 is 11.2. The number of urea groups is 1. The van der Waals surface area contributed by atoms with Crippen molar-refractivity contribution >= 4 is 11.7 Å². The highest BCUT2D eigenvalue weighted by atomic mass is 16.5. The first kappa shape index (κ1) is 17.2. The van der Waals surface area contributed by atoms with Crippen LogP contribution in [0.25, 0.3) is 0 Å². The first-order valence-electron chi connectivity index (χ1n) is 8.51. The maximum atomic E-state index is 12.3. The Hall–Kier alpha value is -2.60. The van der Waals surface area contributed by atoms with E-state index in [0.717, 1.165) is 12.0 Å². The lowest BCUT2D eigenvalue weighted by Crippen LogP contribution is -2.36. The van der Waals surface area contributed by atoms with Crippen LogP contribution in [0.3, 0.4) is 0 Å². The number of benzene rings is 1. The Labute approximate surface area is 147 Å². The van der Waals surface area contributed by atoms with Crippen LogP contribution < -0.4 is 10.1 Å². The van der Waals surface area contributed by atoms with Crippen molar-refractivity contribution in [3.63, 3.8) is 0 Å². The number of hydrogen-bond donors (Lipinski definition) is 1. The van der Waals surface area contributed by atoms with Gasteiger partial charge in [-0.1, -0.05) is 30.3 Å². The van der Waals surface area contributed by atoms with Crippen molar-refractivity contribution in [2.24, 2.45) is 0 Å². The van der Waals surface area contributed by atoms with Crippen molar-refractivity contribution in [2.75, 3.05) is 25.0 Å². The summed E-state index contributed by atoms with van der Waals surface area (Å²) in [5, 5.41) is 2.87. The largest absolute Gasteiger partial charge is 0.473 e. The van der Waals surface area contributed by atoms with Crippen LogP contribution in [-0.4, -0.2) is 41.7 Å². The van der Waals surface area contributed by atoms with Crippen molar-refractivity contribution in [3.05, 3.63) is 54.2 Å². The zero-order chi connectivity index (χ0) is 17.5. The van der Waals surface area contributed by atoms with Gasteiger partial charge >= 0.3 is 6.03 Å². The van der Waals surface area contributed by atoms with Crippen LogP contribution in [0.5, 0.6) is 5.88 Å². The number of rotatable bonds is 4. The highest BCUT2D eigenvalue weighted by Gasteiger charge is 2.18. The van der Waals surface area contributed by atoms with Gasteiger partial charge in [0.15, 0.2) is 0 Å². The first-order valence-corrected chi connectivity index (χ1v) is 8.51. The van der Waals surface area contributed by atoms with Gasteiger partial charge in [0.1, 0.15) is 6.61 Å². The summed E-state index contributed by atoms with van der Waals surface area (Å²) in [5.41, 5.74) is 1.73. The molecule has 1 aliphatic rings. The Morgan fingerprint density at radius 1 is 1.28 bits per heavy atom. The van der Waals surface area contributed by atoms with E-state index in [1.54, 1.807) is 23.2 Å². The summed E-state index contributed by atoms with van der Waals surface area (Å²) in [6, 6.07) is 13.3. The van der Waals surface area contributed by atoms with E-state index in [9.17, 15) is 4.79 Å². The Morgan fingerprint density at radius 3 is 2.88 bits per heavy atom. The summed E-state index contributed by atoms with van der Waals surface area (Å²) >= 11 is 0. The zero-order valence-electron chi connectivity index (χ0n) is 14.4. The fourth-order valence-electron chi connectivity index (χ4n) is 2.57. The van der Waals surface area contributed by atoms with E-state index in [2.05, 4.69) is 10.3 Å². The minimum Gasteiger partial charge on any atom is -0.473 e. The van der Waals surface area contributed by atoms with Gasteiger partial charge in [-0.05, 0) is 25.0 Å². The monoisotopic (exact) mass is 341 g/mol. The molecule has 1 unspecified atom stereocenters. The Morgan fingerprint density at radius 2 is 2.12 bits per heavy atom. The molecule has 2 aromatic rings. The van der Waals surface area contributed by atoms with Crippen LogP contribution in [0.15, 0.2) is 48.7 Å². The number of amides is 2. The van der Waals surface area contributed by atoms with Gasteiger partial charge in [-0.15, -0.1) is 0 Å². The van der Waals surface area contributed by atoms with Crippen LogP contribution in [0.2, 0.25) is 0 Å². The Bertz CT molecular complexity index is 676. The van der Waals surface area contributed by atoms with E-state index < -0.39 is 0 Å². The molecule has 2 amide bonds. The molecule has 1 atom stereocenters. The van der Waals surface area contributed by atoms with Crippen molar-refractivity contribution < 1.29 is 14.3 Å². The highest BCUT2D eigenvalue weighted by Crippen LogP contribution is 2.15. The Kier molecular flexibility index (Phi) is 5.85. The van der Waals surface area contributed by atoms with Crippen LogP contribution in [-0.2, 0) is 11.3 Å². The zero-order valence-corrected chi connectivity index (χ0v) is 14.4. The van der Waals surface area contributed by atoms with Crippen LogP contribution in [0.1, 0.15) is 18.9 Å². The number of nitrogens with zero attached hydrogens (tertiary/aromatic N) is 2. The van der Waals surface area contributed by atoms with Gasteiger partial charge in [-0.2, -0.15) is 0 Å². The van der Waals surface area contributed by atoms with Gasteiger partial charge in [-0.3, -0.25) is 0 Å². The molecule has 2 heterocycles. The SMILES string of the molecule is CC1CCN(C(=O)Nc2ccc(OCc3ccccc3)nc2)CCO1. The standard InChI is InChI=1S/C19H23N3O3/c1-15-9-10-22(11-12-24-15)19(23)21-17-7-8-18(20-13-17)25-14-16-5-3-2-4-6-16/h2-8,13,15H,9-12,14H2,1H3,(H,21,23). The third-order valence-corrected chi connectivity index (χ3v) is 4.07. The lowest BCUT2D eigenvalue weighted by Gasteiger charge is -2.20. The molecular formula is C19H23N3O3. The highest BCUT2D eigenvalue weighted by molar-refractivity contribution is 5.89. The molecule has 6 heteroatoms. The average molecular weight is 341 g/mol. The summed E-state index contributed by atoms with van der Waals surface area (Å²) in [5.74, 6) is 0.527. The molecule has 0 spiro atoms. The molecule has 1 fully saturated rings. The number of ether oxygens (including phenoxy) is 2. The van der Waals surface area contributed by atoms with Gasteiger partial charge in [0, 0.05) is 19.2 Å². The van der Waals surface area contributed by atoms with E-state index in [4.69, 9.17) is 9.47 Å². The molecular weight excluding hydrogens is 318 g/mol. The number of carbonyl (C=O) groups excluding carboxylic acids is 1. The fourth-order valence-corrected chi connectivity index (χ4v) is 2.57. The van der Waals surface area contributed by atoms with Gasteiger partial charge < -0.3 is 19.7 Å². The summed E-state index contributed by atoms with van der Waals surface area (Å²) in [6.45, 7) is 4.35. The number of anilines is 1. The van der Waals surface area contributed by atoms with Crippen molar-refractivity contribution in [3.8, 4) is 5.88 Å². The van der Waals surface area contributed by atoms with Crippen LogP contribution >= 0.6 is 0 Å². The van der Waals surface area contributed by atoms with Crippen molar-refractivity contribution in [2.45, 2.75) is 26.1 Å². The molecule has 1 aromatic heterocycles. The summed E-state index contributed by atoms with van der Waals surface area (Å²) in [6.07, 6.45) is 2.65. The summed E-state index contributed by atoms with van der Waals surface area (Å²) in [7, 11) is 0. The molecule has 0 bridgehead atoms. The average Bonchev–Trinajstić information content (AvgIpc) is 2.87. The lowest BCUT2D eigenvalue weighted by atomic mass is 10.2. The van der Waals surface area contributed by atoms with Crippen molar-refractivity contribution in [1.29, 1.82) is 0 Å². The fraction of sp³-hybridized carbons (Fsp3) is 0.368. The number of pyridine rings is 1. The molecule has 25 heavy (non-hydrogen) atoms. The second-order valence-corrected chi connectivity index (χ2v) is 6.05. The molecule has 1 N–H and O–H groups in total. The molecule has 1 aliphatic heterocycles. The van der Waals surface area contributed by atoms with E-state index in [1.807, 2.05) is 37.3 Å². The maximum Gasteiger partial charge on any atom is 0.321 e. The predicted molar refractivity (Wildman–Crippen MR) is 95.6 cm³/mol. The quantitative estimate of drug-likeness (QED) is 0.927. The molecule has 0 radical (unpaired) electrons. The molecule has 0 aliphatic carbocycles. The second kappa shape index (κ2) is 8.48. The lowest BCUT2D eigenvalue weighted by molar-refractivity contribution is 0.0761. The maximum absolute atomic E-state index is 12.3. The van der Waals surface area contributed by atoms with Gasteiger partial charge in [-0.25, -0.2) is 9.78 Å². The molecule has 132 valence electrons. The van der Waals surface area contributed by atoms with Crippen LogP contribution in [0, 0.1) is 0 Å². The number of aromatic nitrogens is 1. The molecule has 1 saturated heterocycles. The molecule has 1 aromatic carbocycles. The minimum absolute atomic E-state index is 0.127. The van der Waals surface area contributed by atoms with E-state index in [-0.39, 0.29) is 12.1 Å². The van der Waals surface area contributed by atoms with E-state index in [0.29, 0.717) is 37.9 Å². The van der Waals surface area contributed by atoms with E-state index in [1.165, 1.54) is 0 Å². The number of carbonyl (C=O) groups is 1. The minimum atomic E-state index is -0.127. The normalized spacial score (nSPS) is 17.6. The van der Waals surface area contributed by atoms with Gasteiger partial charge in [0.05, 0.1) is 24.6 Å². The van der Waals surface area contributed by atoms with Crippen LogP contribution in [0.4, 0.5) is 10.5 Å². The third-order valence-electron chi connectivity index (χ3n) is 4.07. The second-order valence-electron chi connectivity index (χ2n) is 6.05. The van der Waals surface area contributed by atoms with E-state index >= 15 is 0 Å².